The highest BCUT2D eigenvalue weighted by Crippen LogP contribution is 2.32. The predicted molar refractivity (Wildman–Crippen MR) is 122 cm³/mol. The van der Waals surface area contributed by atoms with Crippen LogP contribution in [0.5, 0.6) is 0 Å². The van der Waals surface area contributed by atoms with Crippen LogP contribution in [0.2, 0.25) is 0 Å². The van der Waals surface area contributed by atoms with Crippen molar-refractivity contribution in [1.29, 1.82) is 0 Å². The van der Waals surface area contributed by atoms with Gasteiger partial charge >= 0.3 is 0 Å². The Morgan fingerprint density at radius 1 is 0.448 bits per heavy atom. The highest BCUT2D eigenvalue weighted by Gasteiger charge is 2.08. The summed E-state index contributed by atoms with van der Waals surface area (Å²) in [7, 11) is 0. The van der Waals surface area contributed by atoms with Gasteiger partial charge < -0.3 is 5.32 Å². The van der Waals surface area contributed by atoms with Crippen molar-refractivity contribution >= 4 is 55.0 Å². The molecule has 136 valence electrons. The first-order valence-corrected chi connectivity index (χ1v) is 9.69. The Kier molecular flexibility index (Phi) is 3.47. The minimum Gasteiger partial charge on any atom is -0.354 e. The van der Waals surface area contributed by atoms with Crippen molar-refractivity contribution in [2.45, 2.75) is 0 Å². The zero-order valence-corrected chi connectivity index (χ0v) is 15.6. The topological polar surface area (TPSA) is 37.8 Å². The molecule has 0 unspecified atom stereocenters. The second-order valence-electron chi connectivity index (χ2n) is 7.23. The number of aromatic nitrogens is 2. The van der Waals surface area contributed by atoms with Crippen molar-refractivity contribution in [3.63, 3.8) is 0 Å². The summed E-state index contributed by atoms with van der Waals surface area (Å²) in [5.41, 5.74) is 6.08. The number of hydrogen-bond acceptors (Lipinski definition) is 3. The predicted octanol–water partition coefficient (Wildman–Crippen LogP) is 6.83. The molecule has 3 heteroatoms. The van der Waals surface area contributed by atoms with Gasteiger partial charge in [0.15, 0.2) is 0 Å². The molecule has 0 fully saturated rings. The summed E-state index contributed by atoms with van der Waals surface area (Å²) in [6.07, 6.45) is 0. The van der Waals surface area contributed by atoms with Crippen LogP contribution in [0.15, 0.2) is 97.1 Å². The molecule has 0 aliphatic carbocycles. The monoisotopic (exact) mass is 371 g/mol. The van der Waals surface area contributed by atoms with Crippen LogP contribution in [0, 0.1) is 0 Å². The van der Waals surface area contributed by atoms with Gasteiger partial charge in [-0.15, -0.1) is 0 Å². The van der Waals surface area contributed by atoms with Crippen molar-refractivity contribution in [2.24, 2.45) is 0 Å². The molecular formula is C26H17N3. The van der Waals surface area contributed by atoms with Gasteiger partial charge in [-0.25, -0.2) is 9.97 Å². The molecule has 1 N–H and O–H groups in total. The molecular weight excluding hydrogens is 354 g/mol. The number of hydrogen-bond donors (Lipinski definition) is 1. The minimum absolute atomic E-state index is 0.984. The normalized spacial score (nSPS) is 11.4. The number of fused-ring (bicyclic) bond motifs is 4. The molecule has 2 heterocycles. The second kappa shape index (κ2) is 6.28. The van der Waals surface area contributed by atoms with Gasteiger partial charge in [-0.05, 0) is 48.5 Å². The lowest BCUT2D eigenvalue weighted by Gasteiger charge is -2.13. The largest absolute Gasteiger partial charge is 0.354 e. The second-order valence-corrected chi connectivity index (χ2v) is 7.23. The maximum atomic E-state index is 4.83. The molecule has 0 saturated carbocycles. The molecule has 0 bridgehead atoms. The maximum absolute atomic E-state index is 4.83. The molecule has 6 aromatic rings. The molecule has 29 heavy (non-hydrogen) atoms. The highest BCUT2D eigenvalue weighted by atomic mass is 14.9. The smallest absolute Gasteiger partial charge is 0.0730 e. The number of benzene rings is 4. The molecule has 3 nitrogen and oxygen atoms in total. The van der Waals surface area contributed by atoms with Gasteiger partial charge in [0.25, 0.3) is 0 Å². The fourth-order valence-electron chi connectivity index (χ4n) is 3.96. The molecule has 6 rings (SSSR count). The van der Waals surface area contributed by atoms with Crippen LogP contribution in [0.25, 0.3) is 43.6 Å². The Hall–Kier alpha value is -3.98. The fourth-order valence-corrected chi connectivity index (χ4v) is 3.96. The summed E-state index contributed by atoms with van der Waals surface area (Å²) in [5, 5.41) is 8.13. The van der Waals surface area contributed by atoms with E-state index in [4.69, 9.17) is 9.97 Å². The summed E-state index contributed by atoms with van der Waals surface area (Å²) in [6, 6.07) is 33.3. The van der Waals surface area contributed by atoms with Gasteiger partial charge in [0.1, 0.15) is 0 Å². The van der Waals surface area contributed by atoms with E-state index in [1.165, 1.54) is 0 Å². The van der Waals surface area contributed by atoms with Gasteiger partial charge in [-0.2, -0.15) is 0 Å². The molecule has 0 aliphatic rings. The van der Waals surface area contributed by atoms with Crippen molar-refractivity contribution in [3.8, 4) is 0 Å². The number of pyridine rings is 2. The Balaban J connectivity index is 1.55. The molecule has 2 aromatic heterocycles. The maximum Gasteiger partial charge on any atom is 0.0730 e. The van der Waals surface area contributed by atoms with Gasteiger partial charge in [0.2, 0.25) is 0 Å². The zero-order chi connectivity index (χ0) is 19.2. The standard InChI is InChI=1S/C26H17N3/c1-3-9-21-17(7-1)15-19-23(27-21)11-5-13-25(19)29-26-14-6-12-24-20(26)16-18-8-2-4-10-22(18)28-24/h1-16,29H. The molecule has 0 amide bonds. The first-order valence-electron chi connectivity index (χ1n) is 9.69. The summed E-state index contributed by atoms with van der Waals surface area (Å²) >= 11 is 0. The fraction of sp³-hybridized carbons (Fsp3) is 0. The Morgan fingerprint density at radius 3 is 1.41 bits per heavy atom. The van der Waals surface area contributed by atoms with Crippen LogP contribution in [0.4, 0.5) is 11.4 Å². The van der Waals surface area contributed by atoms with E-state index in [2.05, 4.69) is 66.0 Å². The Morgan fingerprint density at radius 2 is 0.897 bits per heavy atom. The van der Waals surface area contributed by atoms with Gasteiger partial charge in [-0.3, -0.25) is 0 Å². The number of rotatable bonds is 2. The van der Waals surface area contributed by atoms with E-state index < -0.39 is 0 Å². The minimum atomic E-state index is 0.984. The van der Waals surface area contributed by atoms with E-state index in [-0.39, 0.29) is 0 Å². The Labute approximate surface area is 167 Å². The van der Waals surface area contributed by atoms with E-state index in [1.54, 1.807) is 0 Å². The van der Waals surface area contributed by atoms with Crippen LogP contribution in [0.3, 0.4) is 0 Å². The molecule has 0 spiro atoms. The summed E-state index contributed by atoms with van der Waals surface area (Å²) in [4.78, 5) is 9.66. The van der Waals surface area contributed by atoms with E-state index in [1.807, 2.05) is 36.4 Å². The van der Waals surface area contributed by atoms with Gasteiger partial charge in [0, 0.05) is 32.9 Å². The van der Waals surface area contributed by atoms with Crippen molar-refractivity contribution in [3.05, 3.63) is 97.1 Å². The lowest BCUT2D eigenvalue weighted by atomic mass is 10.1. The highest BCUT2D eigenvalue weighted by molar-refractivity contribution is 6.04. The van der Waals surface area contributed by atoms with Gasteiger partial charge in [-0.1, -0.05) is 48.5 Å². The SMILES string of the molecule is c1ccc2nc3cccc(Nc4cccc5nc6ccccc6cc45)c3cc2c1. The average Bonchev–Trinajstić information content (AvgIpc) is 2.77. The lowest BCUT2D eigenvalue weighted by Crippen LogP contribution is -1.95. The molecule has 0 radical (unpaired) electrons. The third kappa shape index (κ3) is 2.67. The van der Waals surface area contributed by atoms with E-state index >= 15 is 0 Å². The summed E-state index contributed by atoms with van der Waals surface area (Å²) < 4.78 is 0. The molecule has 4 aromatic carbocycles. The number of nitrogens with one attached hydrogen (secondary N) is 1. The quantitative estimate of drug-likeness (QED) is 0.339. The first-order chi connectivity index (χ1) is 14.3. The molecule has 0 atom stereocenters. The van der Waals surface area contributed by atoms with Crippen molar-refractivity contribution in [2.75, 3.05) is 5.32 Å². The van der Waals surface area contributed by atoms with Crippen LogP contribution in [-0.4, -0.2) is 9.97 Å². The van der Waals surface area contributed by atoms with Crippen molar-refractivity contribution < 1.29 is 0 Å². The van der Waals surface area contributed by atoms with Crippen molar-refractivity contribution in [1.82, 2.24) is 9.97 Å². The zero-order valence-electron chi connectivity index (χ0n) is 15.6. The summed E-state index contributed by atoms with van der Waals surface area (Å²) in [5.74, 6) is 0. The first kappa shape index (κ1) is 16.0. The van der Waals surface area contributed by atoms with E-state index in [0.717, 1.165) is 55.0 Å². The average molecular weight is 371 g/mol. The van der Waals surface area contributed by atoms with E-state index in [9.17, 15) is 0 Å². The van der Waals surface area contributed by atoms with Gasteiger partial charge in [0.05, 0.1) is 22.1 Å². The number of para-hydroxylation sites is 2. The molecule has 0 aliphatic heterocycles. The van der Waals surface area contributed by atoms with Crippen LogP contribution < -0.4 is 5.32 Å². The number of nitrogens with zero attached hydrogens (tertiary/aromatic N) is 2. The molecule has 0 saturated heterocycles. The van der Waals surface area contributed by atoms with Crippen LogP contribution >= 0.6 is 0 Å². The van der Waals surface area contributed by atoms with Crippen LogP contribution in [-0.2, 0) is 0 Å². The van der Waals surface area contributed by atoms with E-state index in [0.29, 0.717) is 0 Å². The summed E-state index contributed by atoms with van der Waals surface area (Å²) in [6.45, 7) is 0. The Bertz CT molecular complexity index is 1420. The third-order valence-corrected chi connectivity index (χ3v) is 5.39. The number of anilines is 2. The third-order valence-electron chi connectivity index (χ3n) is 5.39. The lowest BCUT2D eigenvalue weighted by molar-refractivity contribution is 1.48. The van der Waals surface area contributed by atoms with Crippen LogP contribution in [0.1, 0.15) is 0 Å².